The van der Waals surface area contributed by atoms with Crippen LogP contribution in [-0.4, -0.2) is 39.6 Å². The maximum atomic E-state index is 14.0. The van der Waals surface area contributed by atoms with Crippen molar-refractivity contribution in [1.29, 1.82) is 0 Å². The zero-order chi connectivity index (χ0) is 36.2. The zero-order valence-electron chi connectivity index (χ0n) is 29.5. The number of carbonyl (C=O) groups is 1. The van der Waals surface area contributed by atoms with Crippen LogP contribution < -0.4 is 20.3 Å². The number of amides is 1. The van der Waals surface area contributed by atoms with E-state index in [1.807, 2.05) is 70.2 Å². The van der Waals surface area contributed by atoms with E-state index in [0.717, 1.165) is 45.1 Å². The number of fused-ring (bicyclic) bond motifs is 1. The highest BCUT2D eigenvalue weighted by molar-refractivity contribution is 5.91. The van der Waals surface area contributed by atoms with Crippen LogP contribution >= 0.6 is 0 Å². The molecule has 4 aromatic carbocycles. The topological polar surface area (TPSA) is 99.7 Å². The second kappa shape index (κ2) is 14.8. The number of halogens is 1. The second-order valence-electron chi connectivity index (χ2n) is 12.6. The molecule has 10 heteroatoms. The Labute approximate surface area is 296 Å². The number of anilines is 1. The van der Waals surface area contributed by atoms with Crippen LogP contribution in [0.15, 0.2) is 101 Å². The third-order valence-corrected chi connectivity index (χ3v) is 8.65. The van der Waals surface area contributed by atoms with Crippen LogP contribution in [0.2, 0.25) is 0 Å². The van der Waals surface area contributed by atoms with Crippen LogP contribution in [0.5, 0.6) is 11.5 Å². The van der Waals surface area contributed by atoms with Crippen molar-refractivity contribution in [3.63, 3.8) is 0 Å². The normalized spacial score (nSPS) is 11.5. The number of hydrogen-bond donors (Lipinski definition) is 1. The third-order valence-electron chi connectivity index (χ3n) is 8.65. The molecule has 51 heavy (non-hydrogen) atoms. The van der Waals surface area contributed by atoms with E-state index < -0.39 is 0 Å². The Bertz CT molecular complexity index is 2310. The molecule has 0 radical (unpaired) electrons. The van der Waals surface area contributed by atoms with Gasteiger partial charge < -0.3 is 19.4 Å². The SMILES string of the molecule is CCOc1cc(C)c(-c2nc3ccccc3c(=O)n2N=Cc2cc(C)n(-c3ccc(OCC(=O)Nc4ccc(F)cc4)cc3)c2C)cc1C(C)C. The van der Waals surface area contributed by atoms with Crippen LogP contribution in [0.1, 0.15) is 54.8 Å². The van der Waals surface area contributed by atoms with Gasteiger partial charge in [-0.2, -0.15) is 9.78 Å². The van der Waals surface area contributed by atoms with Gasteiger partial charge in [0.1, 0.15) is 17.3 Å². The van der Waals surface area contributed by atoms with E-state index in [0.29, 0.717) is 34.8 Å². The van der Waals surface area contributed by atoms with Gasteiger partial charge in [-0.05, 0) is 124 Å². The molecule has 0 aliphatic rings. The lowest BCUT2D eigenvalue weighted by molar-refractivity contribution is -0.118. The van der Waals surface area contributed by atoms with Gasteiger partial charge in [0.25, 0.3) is 11.5 Å². The van der Waals surface area contributed by atoms with E-state index in [2.05, 4.69) is 29.8 Å². The van der Waals surface area contributed by atoms with E-state index >= 15 is 0 Å². The first-order valence-electron chi connectivity index (χ1n) is 16.9. The van der Waals surface area contributed by atoms with E-state index in [-0.39, 0.29) is 29.8 Å². The average Bonchev–Trinajstić information content (AvgIpc) is 3.40. The minimum Gasteiger partial charge on any atom is -0.494 e. The number of aryl methyl sites for hydroxylation is 2. The van der Waals surface area contributed by atoms with E-state index in [1.165, 1.54) is 28.9 Å². The summed E-state index contributed by atoms with van der Waals surface area (Å²) in [5.74, 6) is 1.26. The first-order valence-corrected chi connectivity index (χ1v) is 16.9. The molecule has 0 unspecified atom stereocenters. The first-order chi connectivity index (χ1) is 24.5. The van der Waals surface area contributed by atoms with Gasteiger partial charge in [0, 0.05) is 33.9 Å². The first kappa shape index (κ1) is 34.8. The number of carbonyl (C=O) groups excluding carboxylic acids is 1. The fourth-order valence-electron chi connectivity index (χ4n) is 6.08. The van der Waals surface area contributed by atoms with Crippen molar-refractivity contribution in [2.24, 2.45) is 5.10 Å². The van der Waals surface area contributed by atoms with E-state index in [1.54, 1.807) is 24.4 Å². The Kier molecular flexibility index (Phi) is 10.1. The Hall–Kier alpha value is -6.03. The molecule has 0 atom stereocenters. The number of rotatable bonds is 11. The number of para-hydroxylation sites is 1. The number of benzene rings is 4. The molecule has 6 rings (SSSR count). The Balaban J connectivity index is 1.29. The predicted molar refractivity (Wildman–Crippen MR) is 200 cm³/mol. The molecule has 260 valence electrons. The molecule has 0 saturated heterocycles. The lowest BCUT2D eigenvalue weighted by atomic mass is 9.96. The number of nitrogens with one attached hydrogen (secondary N) is 1. The van der Waals surface area contributed by atoms with Gasteiger partial charge in [-0.3, -0.25) is 9.59 Å². The Morgan fingerprint density at radius 2 is 1.69 bits per heavy atom. The molecule has 2 aromatic heterocycles. The van der Waals surface area contributed by atoms with E-state index in [4.69, 9.17) is 19.6 Å². The van der Waals surface area contributed by atoms with Gasteiger partial charge >= 0.3 is 0 Å². The third kappa shape index (κ3) is 7.45. The fourth-order valence-corrected chi connectivity index (χ4v) is 6.08. The monoisotopic (exact) mass is 685 g/mol. The number of nitrogens with zero attached hydrogens (tertiary/aromatic N) is 4. The van der Waals surface area contributed by atoms with Crippen molar-refractivity contribution >= 4 is 28.7 Å². The molecular weight excluding hydrogens is 645 g/mol. The molecule has 9 nitrogen and oxygen atoms in total. The molecule has 0 saturated carbocycles. The van der Waals surface area contributed by atoms with Gasteiger partial charge in [-0.15, -0.1) is 0 Å². The van der Waals surface area contributed by atoms with Crippen LogP contribution in [0.25, 0.3) is 28.0 Å². The van der Waals surface area contributed by atoms with Crippen LogP contribution in [0, 0.1) is 26.6 Å². The largest absolute Gasteiger partial charge is 0.494 e. The summed E-state index contributed by atoms with van der Waals surface area (Å²) < 4.78 is 28.3. The summed E-state index contributed by atoms with van der Waals surface area (Å²) in [5, 5.41) is 7.93. The molecule has 0 aliphatic heterocycles. The van der Waals surface area contributed by atoms with Gasteiger partial charge in [0.15, 0.2) is 12.4 Å². The molecule has 0 spiro atoms. The van der Waals surface area contributed by atoms with Gasteiger partial charge in [0.05, 0.1) is 23.7 Å². The van der Waals surface area contributed by atoms with Crippen molar-refractivity contribution in [3.8, 4) is 28.6 Å². The van der Waals surface area contributed by atoms with Crippen molar-refractivity contribution in [2.75, 3.05) is 18.5 Å². The standard InChI is InChI=1S/C41H40FN5O4/c1-7-50-38-20-26(4)36(22-35(38)25(2)3)40-45-37-11-9-8-10-34(37)41(49)47(40)43-23-29-21-27(5)46(28(29)6)32-16-18-33(19-17-32)51-24-39(48)44-31-14-12-30(42)13-15-31/h8-23,25H,7,24H2,1-6H3,(H,44,48). The maximum Gasteiger partial charge on any atom is 0.282 e. The van der Waals surface area contributed by atoms with Gasteiger partial charge in [-0.25, -0.2) is 9.37 Å². The molecule has 0 bridgehead atoms. The molecule has 0 aliphatic carbocycles. The molecule has 2 heterocycles. The summed E-state index contributed by atoms with van der Waals surface area (Å²) in [6.45, 7) is 12.5. The predicted octanol–water partition coefficient (Wildman–Crippen LogP) is 8.34. The van der Waals surface area contributed by atoms with Crippen LogP contribution in [0.3, 0.4) is 0 Å². The van der Waals surface area contributed by atoms with Crippen molar-refractivity contribution in [3.05, 3.63) is 135 Å². The fraction of sp³-hybridized carbons (Fsp3) is 0.220. The summed E-state index contributed by atoms with van der Waals surface area (Å²) in [4.78, 5) is 31.3. The Morgan fingerprint density at radius 1 is 0.961 bits per heavy atom. The minimum absolute atomic E-state index is 0.188. The van der Waals surface area contributed by atoms with Crippen molar-refractivity contribution in [1.82, 2.24) is 14.2 Å². The number of aromatic nitrogens is 3. The van der Waals surface area contributed by atoms with Crippen molar-refractivity contribution in [2.45, 2.75) is 47.5 Å². The number of hydrogen-bond acceptors (Lipinski definition) is 6. The summed E-state index contributed by atoms with van der Waals surface area (Å²) in [6, 6.07) is 26.3. The molecule has 6 aromatic rings. The van der Waals surface area contributed by atoms with Gasteiger partial charge in [-0.1, -0.05) is 26.0 Å². The molecular formula is C41H40FN5O4. The van der Waals surface area contributed by atoms with Gasteiger partial charge in [0.2, 0.25) is 0 Å². The molecule has 0 fully saturated rings. The second-order valence-corrected chi connectivity index (χ2v) is 12.6. The highest BCUT2D eigenvalue weighted by Crippen LogP contribution is 2.34. The highest BCUT2D eigenvalue weighted by atomic mass is 19.1. The number of ether oxygens (including phenoxy) is 2. The summed E-state index contributed by atoms with van der Waals surface area (Å²) >= 11 is 0. The summed E-state index contributed by atoms with van der Waals surface area (Å²) in [7, 11) is 0. The lowest BCUT2D eigenvalue weighted by Crippen LogP contribution is -2.21. The Morgan fingerprint density at radius 3 is 2.39 bits per heavy atom. The maximum absolute atomic E-state index is 14.0. The summed E-state index contributed by atoms with van der Waals surface area (Å²) in [6.07, 6.45) is 1.70. The van der Waals surface area contributed by atoms with Crippen LogP contribution in [0.4, 0.5) is 10.1 Å². The highest BCUT2D eigenvalue weighted by Gasteiger charge is 2.19. The smallest absolute Gasteiger partial charge is 0.282 e. The molecule has 1 amide bonds. The average molecular weight is 686 g/mol. The summed E-state index contributed by atoms with van der Waals surface area (Å²) in [5.41, 5.74) is 7.21. The molecule has 1 N–H and O–H groups in total. The van der Waals surface area contributed by atoms with Crippen molar-refractivity contribution < 1.29 is 18.7 Å². The zero-order valence-corrected chi connectivity index (χ0v) is 29.5. The van der Waals surface area contributed by atoms with Crippen LogP contribution in [-0.2, 0) is 4.79 Å². The quantitative estimate of drug-likeness (QED) is 0.138. The van der Waals surface area contributed by atoms with E-state index in [9.17, 15) is 14.0 Å². The minimum atomic E-state index is -0.376. The lowest BCUT2D eigenvalue weighted by Gasteiger charge is -2.18.